The summed E-state index contributed by atoms with van der Waals surface area (Å²) in [5.41, 5.74) is -0.589. The number of amidine groups is 1. The number of halogens is 3. The molecule has 4 fully saturated rings. The number of likely N-dealkylation sites (tertiary alicyclic amines) is 2. The van der Waals surface area contributed by atoms with Crippen molar-refractivity contribution in [3.63, 3.8) is 0 Å². The fraction of sp³-hybridized carbons (Fsp3) is 0.880. The summed E-state index contributed by atoms with van der Waals surface area (Å²) in [5, 5.41) is 15.4. The van der Waals surface area contributed by atoms with Crippen molar-refractivity contribution >= 4 is 18.1 Å². The second-order valence-corrected chi connectivity index (χ2v) is 11.4. The van der Waals surface area contributed by atoms with E-state index < -0.39 is 35.7 Å². The van der Waals surface area contributed by atoms with Crippen molar-refractivity contribution in [2.75, 3.05) is 26.2 Å². The molecule has 0 radical (unpaired) electrons. The second-order valence-electron chi connectivity index (χ2n) is 11.4. The quantitative estimate of drug-likeness (QED) is 0.242. The number of amides is 2. The topological polar surface area (TPSA) is 89.8 Å². The largest absolute Gasteiger partial charge is 0.409 e. The lowest BCUT2D eigenvalue weighted by atomic mass is 9.79. The van der Waals surface area contributed by atoms with Gasteiger partial charge in [0.05, 0.1) is 12.2 Å². The summed E-state index contributed by atoms with van der Waals surface area (Å²) < 4.78 is 49.2. The number of alkyl halides is 3. The van der Waals surface area contributed by atoms with Gasteiger partial charge in [0.1, 0.15) is 12.2 Å². The van der Waals surface area contributed by atoms with E-state index in [9.17, 15) is 23.2 Å². The van der Waals surface area contributed by atoms with E-state index in [1.165, 1.54) is 11.1 Å². The van der Waals surface area contributed by atoms with Gasteiger partial charge in [-0.25, -0.2) is 23.0 Å². The van der Waals surface area contributed by atoms with Crippen molar-refractivity contribution in [1.82, 2.24) is 15.1 Å². The van der Waals surface area contributed by atoms with Gasteiger partial charge in [-0.3, -0.25) is 4.90 Å². The zero-order chi connectivity index (χ0) is 26.1. The summed E-state index contributed by atoms with van der Waals surface area (Å²) in [6.45, 7) is 8.32. The van der Waals surface area contributed by atoms with E-state index in [1.807, 2.05) is 6.92 Å². The highest BCUT2D eigenvalue weighted by molar-refractivity contribution is 5.94. The van der Waals surface area contributed by atoms with Gasteiger partial charge >= 0.3 is 6.03 Å². The summed E-state index contributed by atoms with van der Waals surface area (Å²) in [6.07, 6.45) is 2.48. The lowest BCUT2D eigenvalue weighted by molar-refractivity contribution is -0.138. The zero-order valence-electron chi connectivity index (χ0n) is 21.5. The molecular formula is C25H40F3N5O3. The monoisotopic (exact) mass is 515 g/mol. The highest BCUT2D eigenvalue weighted by Gasteiger charge is 2.50. The maximum Gasteiger partial charge on any atom is 0.317 e. The van der Waals surface area contributed by atoms with Crippen LogP contribution in [0.25, 0.3) is 0 Å². The molecular weight excluding hydrogens is 475 g/mol. The lowest BCUT2D eigenvalue weighted by Crippen LogP contribution is -2.61. The molecule has 2 heterocycles. The Labute approximate surface area is 211 Å². The van der Waals surface area contributed by atoms with Gasteiger partial charge in [-0.2, -0.15) is 0 Å². The Balaban J connectivity index is 1.34. The number of piperidine rings is 1. The van der Waals surface area contributed by atoms with Crippen LogP contribution in [-0.4, -0.2) is 95.7 Å². The molecule has 2 N–H and O–H groups in total. The van der Waals surface area contributed by atoms with Crippen molar-refractivity contribution in [2.45, 2.75) is 102 Å². The van der Waals surface area contributed by atoms with Gasteiger partial charge in [0.15, 0.2) is 5.84 Å². The van der Waals surface area contributed by atoms with Crippen LogP contribution in [0.15, 0.2) is 10.1 Å². The number of carbonyl (C=O) groups excluding carboxylic acids is 1. The van der Waals surface area contributed by atoms with Crippen LogP contribution in [0.4, 0.5) is 18.0 Å². The highest BCUT2D eigenvalue weighted by Crippen LogP contribution is 2.38. The standard InChI is InChI=1S/C25H40F3N5O3/c1-16(2)33-10-6-18(15-33)36-20-5-4-7-25(27,28)21(20)30-23(34)32-11-8-24(3,9-12-32)22(31-35)29-14-17-13-19(17)26/h14,16-21,35H,4-13,15H2,1-3H3,(H,30,34)/b29-14?,31-22-/t17-,18-,19-,20-,21+/m0/s1. The zero-order valence-corrected chi connectivity index (χ0v) is 21.5. The number of aliphatic imine (C=N–C) groups is 1. The molecule has 11 heteroatoms. The van der Waals surface area contributed by atoms with Crippen LogP contribution in [0.3, 0.4) is 0 Å². The molecule has 0 aromatic carbocycles. The van der Waals surface area contributed by atoms with Crippen LogP contribution >= 0.6 is 0 Å². The lowest BCUT2D eigenvalue weighted by Gasteiger charge is -2.42. The average molecular weight is 516 g/mol. The number of nitrogens with one attached hydrogen (secondary N) is 1. The molecule has 2 saturated heterocycles. The fourth-order valence-corrected chi connectivity index (χ4v) is 5.52. The van der Waals surface area contributed by atoms with E-state index in [2.05, 4.69) is 34.2 Å². The van der Waals surface area contributed by atoms with E-state index in [-0.39, 0.29) is 24.3 Å². The molecule has 8 nitrogen and oxygen atoms in total. The second kappa shape index (κ2) is 10.8. The third-order valence-electron chi connectivity index (χ3n) is 8.31. The smallest absolute Gasteiger partial charge is 0.317 e. The molecule has 0 aromatic rings. The molecule has 36 heavy (non-hydrogen) atoms. The number of rotatable bonds is 6. The third kappa shape index (κ3) is 6.15. The van der Waals surface area contributed by atoms with Crippen LogP contribution in [-0.2, 0) is 4.74 Å². The summed E-state index contributed by atoms with van der Waals surface area (Å²) in [5.74, 6) is -3.07. The SMILES string of the molecule is CC(C)N1CC[C@H](O[C@H]2CCCC(F)(F)[C@@H]2NC(=O)N2CCC(C)(/C(N=C[C@@H]3C[C@@H]3F)=N/O)CC2)C1. The normalized spacial score (nSPS) is 34.9. The average Bonchev–Trinajstić information content (AvgIpc) is 3.32. The first-order valence-corrected chi connectivity index (χ1v) is 13.3. The number of urea groups is 1. The Morgan fingerprint density at radius 3 is 2.47 bits per heavy atom. The molecule has 0 aromatic heterocycles. The molecule has 2 aliphatic carbocycles. The van der Waals surface area contributed by atoms with Crippen LogP contribution < -0.4 is 5.32 Å². The highest BCUT2D eigenvalue weighted by atomic mass is 19.3. The minimum atomic E-state index is -3.04. The van der Waals surface area contributed by atoms with Gasteiger partial charge in [0.2, 0.25) is 0 Å². The van der Waals surface area contributed by atoms with Gasteiger partial charge in [-0.1, -0.05) is 12.1 Å². The Morgan fingerprint density at radius 2 is 1.89 bits per heavy atom. The maximum atomic E-state index is 15.0. The summed E-state index contributed by atoms with van der Waals surface area (Å²) in [6, 6.07) is -1.52. The molecule has 0 unspecified atom stereocenters. The fourth-order valence-electron chi connectivity index (χ4n) is 5.52. The number of nitrogens with zero attached hydrogens (tertiary/aromatic N) is 4. The van der Waals surface area contributed by atoms with Crippen molar-refractivity contribution in [2.24, 2.45) is 21.5 Å². The van der Waals surface area contributed by atoms with E-state index in [0.29, 0.717) is 51.2 Å². The molecule has 4 rings (SSSR count). The molecule has 204 valence electrons. The molecule has 2 aliphatic heterocycles. The molecule has 0 spiro atoms. The van der Waals surface area contributed by atoms with Crippen LogP contribution in [0.2, 0.25) is 0 Å². The minimum Gasteiger partial charge on any atom is -0.409 e. The Kier molecular flexibility index (Phi) is 8.19. The minimum absolute atomic E-state index is 0.110. The first kappa shape index (κ1) is 27.2. The van der Waals surface area contributed by atoms with Crippen LogP contribution in [0.1, 0.15) is 65.7 Å². The van der Waals surface area contributed by atoms with Gasteiger partial charge in [-0.05, 0) is 52.4 Å². The number of hydrogen-bond donors (Lipinski definition) is 2. The first-order chi connectivity index (χ1) is 17.0. The van der Waals surface area contributed by atoms with Gasteiger partial charge < -0.3 is 20.2 Å². The molecule has 4 aliphatic rings. The van der Waals surface area contributed by atoms with Gasteiger partial charge in [-0.15, -0.1) is 0 Å². The van der Waals surface area contributed by atoms with Gasteiger partial charge in [0.25, 0.3) is 5.92 Å². The number of ether oxygens (including phenoxy) is 1. The van der Waals surface area contributed by atoms with E-state index in [1.54, 1.807) is 0 Å². The molecule has 2 saturated carbocycles. The number of carbonyl (C=O) groups is 1. The Morgan fingerprint density at radius 1 is 1.19 bits per heavy atom. The summed E-state index contributed by atoms with van der Waals surface area (Å²) in [7, 11) is 0. The van der Waals surface area contributed by atoms with Gasteiger partial charge in [0, 0.05) is 56.2 Å². The van der Waals surface area contributed by atoms with E-state index in [0.717, 1.165) is 19.5 Å². The molecule has 2 amide bonds. The van der Waals surface area contributed by atoms with E-state index >= 15 is 0 Å². The van der Waals surface area contributed by atoms with Crippen molar-refractivity contribution < 1.29 is 27.9 Å². The predicted octanol–water partition coefficient (Wildman–Crippen LogP) is 4.07. The van der Waals surface area contributed by atoms with Crippen LogP contribution in [0, 0.1) is 11.3 Å². The maximum absolute atomic E-state index is 15.0. The van der Waals surface area contributed by atoms with Crippen molar-refractivity contribution in [1.29, 1.82) is 0 Å². The Hall–Kier alpha value is -1.88. The van der Waals surface area contributed by atoms with Crippen molar-refractivity contribution in [3.05, 3.63) is 0 Å². The predicted molar refractivity (Wildman–Crippen MR) is 131 cm³/mol. The number of hydrogen-bond acceptors (Lipinski definition) is 5. The van der Waals surface area contributed by atoms with Crippen molar-refractivity contribution in [3.8, 4) is 0 Å². The Bertz CT molecular complexity index is 847. The summed E-state index contributed by atoms with van der Waals surface area (Å²) in [4.78, 5) is 21.1. The molecule has 0 bridgehead atoms. The summed E-state index contributed by atoms with van der Waals surface area (Å²) >= 11 is 0. The first-order valence-electron chi connectivity index (χ1n) is 13.3. The third-order valence-corrected chi connectivity index (χ3v) is 8.31. The van der Waals surface area contributed by atoms with Crippen LogP contribution in [0.5, 0.6) is 0 Å². The number of oxime groups is 1. The van der Waals surface area contributed by atoms with E-state index in [4.69, 9.17) is 4.74 Å². The molecule has 5 atom stereocenters.